The number of aliphatic hydroxyl groups excluding tert-OH is 1. The highest BCUT2D eigenvalue weighted by Gasteiger charge is 2.12. The first-order valence-corrected chi connectivity index (χ1v) is 9.19. The number of rotatable bonds is 8. The van der Waals surface area contributed by atoms with Crippen molar-refractivity contribution in [3.63, 3.8) is 0 Å². The van der Waals surface area contributed by atoms with Crippen molar-refractivity contribution in [1.29, 1.82) is 0 Å². The van der Waals surface area contributed by atoms with Gasteiger partial charge in [-0.05, 0) is 43.7 Å². The summed E-state index contributed by atoms with van der Waals surface area (Å²) in [5, 5.41) is 21.7. The molecule has 2 heterocycles. The molecular weight excluding hydrogens is 375 g/mol. The Morgan fingerprint density at radius 2 is 1.79 bits per heavy atom. The van der Waals surface area contributed by atoms with Crippen molar-refractivity contribution in [3.8, 4) is 0 Å². The smallest absolute Gasteiger partial charge is 0.335 e. The summed E-state index contributed by atoms with van der Waals surface area (Å²) >= 11 is 0. The summed E-state index contributed by atoms with van der Waals surface area (Å²) in [7, 11) is 0. The summed E-state index contributed by atoms with van der Waals surface area (Å²) in [5.41, 5.74) is 3.84. The van der Waals surface area contributed by atoms with Crippen LogP contribution in [-0.2, 0) is 26.2 Å². The molecule has 0 fully saturated rings. The van der Waals surface area contributed by atoms with Crippen LogP contribution in [0.15, 0.2) is 36.4 Å². The topological polar surface area (TPSA) is 100 Å². The fourth-order valence-corrected chi connectivity index (χ4v) is 3.09. The van der Waals surface area contributed by atoms with Crippen LogP contribution in [0.4, 0.5) is 4.39 Å². The number of hydrogen-bond acceptors (Lipinski definition) is 5. The zero-order valence-corrected chi connectivity index (χ0v) is 16.3. The predicted molar refractivity (Wildman–Crippen MR) is 105 cm³/mol. The van der Waals surface area contributed by atoms with Crippen LogP contribution in [0.1, 0.15) is 44.5 Å². The Balaban J connectivity index is 1.73. The van der Waals surface area contributed by atoms with Crippen molar-refractivity contribution in [1.82, 2.24) is 19.9 Å². The maximum atomic E-state index is 13.2. The number of imidazole rings is 1. The van der Waals surface area contributed by atoms with Gasteiger partial charge in [0.2, 0.25) is 0 Å². The molecule has 0 spiro atoms. The molecule has 0 aliphatic heterocycles. The number of aromatic carboxylic acids is 1. The first kappa shape index (κ1) is 20.6. The lowest BCUT2D eigenvalue weighted by atomic mass is 10.2. The molecule has 0 unspecified atom stereocenters. The van der Waals surface area contributed by atoms with Crippen molar-refractivity contribution in [3.05, 3.63) is 81.9 Å². The molecule has 0 aliphatic rings. The standard InChI is InChI=1S/C21H23FN4O3/c1-13-14(2)26(11-15-3-5-17(22)6-4-15)20(24-13)10-23-9-18-7-16(21(28)29)8-19(12-27)25-18/h3-8,23,27H,9-12H2,1-2H3,(H,28,29). The van der Waals surface area contributed by atoms with Gasteiger partial charge in [-0.1, -0.05) is 12.1 Å². The lowest BCUT2D eigenvalue weighted by Crippen LogP contribution is -2.19. The number of aromatic nitrogens is 3. The molecule has 152 valence electrons. The minimum absolute atomic E-state index is 0.0883. The summed E-state index contributed by atoms with van der Waals surface area (Å²) in [6, 6.07) is 9.21. The molecule has 0 saturated carbocycles. The van der Waals surface area contributed by atoms with E-state index in [4.69, 9.17) is 0 Å². The van der Waals surface area contributed by atoms with E-state index < -0.39 is 5.97 Å². The molecular formula is C21H23FN4O3. The largest absolute Gasteiger partial charge is 0.478 e. The molecule has 29 heavy (non-hydrogen) atoms. The third kappa shape index (κ3) is 5.04. The number of benzene rings is 1. The zero-order chi connectivity index (χ0) is 21.0. The normalized spacial score (nSPS) is 11.0. The summed E-state index contributed by atoms with van der Waals surface area (Å²) in [6.45, 7) is 4.95. The van der Waals surface area contributed by atoms with Gasteiger partial charge >= 0.3 is 5.97 Å². The third-order valence-electron chi connectivity index (χ3n) is 4.72. The van der Waals surface area contributed by atoms with Crippen molar-refractivity contribution >= 4 is 5.97 Å². The summed E-state index contributed by atoms with van der Waals surface area (Å²) in [6.07, 6.45) is 0. The van der Waals surface area contributed by atoms with Crippen LogP contribution in [0.2, 0.25) is 0 Å². The second-order valence-corrected chi connectivity index (χ2v) is 6.82. The average molecular weight is 398 g/mol. The molecule has 0 bridgehead atoms. The highest BCUT2D eigenvalue weighted by molar-refractivity contribution is 5.87. The molecule has 3 aromatic rings. The molecule has 8 heteroatoms. The lowest BCUT2D eigenvalue weighted by molar-refractivity contribution is 0.0696. The average Bonchev–Trinajstić information content (AvgIpc) is 2.97. The van der Waals surface area contributed by atoms with E-state index in [9.17, 15) is 19.4 Å². The van der Waals surface area contributed by atoms with E-state index >= 15 is 0 Å². The van der Waals surface area contributed by atoms with Crippen LogP contribution < -0.4 is 5.32 Å². The molecule has 3 rings (SSSR count). The van der Waals surface area contributed by atoms with Gasteiger partial charge in [-0.25, -0.2) is 14.2 Å². The maximum Gasteiger partial charge on any atom is 0.335 e. The Labute approximate surface area is 167 Å². The molecule has 1 aromatic carbocycles. The first-order chi connectivity index (χ1) is 13.9. The molecule has 3 N–H and O–H groups in total. The van der Waals surface area contributed by atoms with Crippen molar-refractivity contribution in [2.75, 3.05) is 0 Å². The highest BCUT2D eigenvalue weighted by atomic mass is 19.1. The quantitative estimate of drug-likeness (QED) is 0.539. The predicted octanol–water partition coefficient (Wildman–Crippen LogP) is 2.56. The van der Waals surface area contributed by atoms with Gasteiger partial charge < -0.3 is 20.1 Å². The van der Waals surface area contributed by atoms with E-state index in [0.717, 1.165) is 22.8 Å². The van der Waals surface area contributed by atoms with Crippen molar-refractivity contribution < 1.29 is 19.4 Å². The van der Waals surface area contributed by atoms with E-state index in [1.54, 1.807) is 12.1 Å². The molecule has 0 radical (unpaired) electrons. The number of nitrogens with zero attached hydrogens (tertiary/aromatic N) is 3. The van der Waals surface area contributed by atoms with Gasteiger partial charge in [0.05, 0.1) is 35.8 Å². The van der Waals surface area contributed by atoms with E-state index in [-0.39, 0.29) is 18.0 Å². The maximum absolute atomic E-state index is 13.2. The summed E-state index contributed by atoms with van der Waals surface area (Å²) in [5.74, 6) is -0.516. The van der Waals surface area contributed by atoms with Gasteiger partial charge in [-0.3, -0.25) is 4.98 Å². The molecule has 2 aromatic heterocycles. The van der Waals surface area contributed by atoms with Gasteiger partial charge in [-0.15, -0.1) is 0 Å². The molecule has 0 saturated heterocycles. The second-order valence-electron chi connectivity index (χ2n) is 6.82. The Morgan fingerprint density at radius 3 is 2.45 bits per heavy atom. The van der Waals surface area contributed by atoms with Crippen LogP contribution in [0.3, 0.4) is 0 Å². The van der Waals surface area contributed by atoms with Crippen LogP contribution in [0.5, 0.6) is 0 Å². The number of carbonyl (C=O) groups is 1. The minimum Gasteiger partial charge on any atom is -0.478 e. The molecule has 0 amide bonds. The van der Waals surface area contributed by atoms with Crippen LogP contribution in [0.25, 0.3) is 0 Å². The van der Waals surface area contributed by atoms with E-state index in [0.29, 0.717) is 31.0 Å². The van der Waals surface area contributed by atoms with Gasteiger partial charge in [0.15, 0.2) is 0 Å². The number of pyridine rings is 1. The van der Waals surface area contributed by atoms with Crippen LogP contribution >= 0.6 is 0 Å². The fourth-order valence-electron chi connectivity index (χ4n) is 3.09. The lowest BCUT2D eigenvalue weighted by Gasteiger charge is -2.12. The number of aliphatic hydroxyl groups is 1. The number of nitrogens with one attached hydrogen (secondary N) is 1. The second kappa shape index (κ2) is 8.93. The summed E-state index contributed by atoms with van der Waals surface area (Å²) in [4.78, 5) is 20.1. The molecule has 0 aliphatic carbocycles. The van der Waals surface area contributed by atoms with E-state index in [1.165, 1.54) is 24.3 Å². The van der Waals surface area contributed by atoms with Crippen LogP contribution in [-0.4, -0.2) is 30.7 Å². The van der Waals surface area contributed by atoms with Gasteiger partial charge in [0.25, 0.3) is 0 Å². The van der Waals surface area contributed by atoms with Crippen molar-refractivity contribution in [2.24, 2.45) is 0 Å². The van der Waals surface area contributed by atoms with E-state index in [2.05, 4.69) is 19.9 Å². The van der Waals surface area contributed by atoms with Gasteiger partial charge in [0.1, 0.15) is 11.6 Å². The summed E-state index contributed by atoms with van der Waals surface area (Å²) < 4.78 is 15.2. The SMILES string of the molecule is Cc1nc(CNCc2cc(C(=O)O)cc(CO)n2)n(Cc2ccc(F)cc2)c1C. The third-order valence-corrected chi connectivity index (χ3v) is 4.72. The van der Waals surface area contributed by atoms with Crippen molar-refractivity contribution in [2.45, 2.75) is 40.1 Å². The Morgan fingerprint density at radius 1 is 1.10 bits per heavy atom. The monoisotopic (exact) mass is 398 g/mol. The van der Waals surface area contributed by atoms with E-state index in [1.807, 2.05) is 13.8 Å². The Bertz CT molecular complexity index is 1020. The number of hydrogen-bond donors (Lipinski definition) is 3. The number of carboxylic acid groups (broad SMARTS) is 1. The first-order valence-electron chi connectivity index (χ1n) is 9.19. The molecule has 7 nitrogen and oxygen atoms in total. The Kier molecular flexibility index (Phi) is 6.36. The Hall–Kier alpha value is -3.10. The number of carboxylic acids is 1. The number of aryl methyl sites for hydroxylation is 1. The zero-order valence-electron chi connectivity index (χ0n) is 16.3. The van der Waals surface area contributed by atoms with Crippen LogP contribution in [0, 0.1) is 19.7 Å². The number of halogens is 1. The molecule has 0 atom stereocenters. The minimum atomic E-state index is -1.07. The highest BCUT2D eigenvalue weighted by Crippen LogP contribution is 2.14. The van der Waals surface area contributed by atoms with Gasteiger partial charge in [-0.2, -0.15) is 0 Å². The van der Waals surface area contributed by atoms with Gasteiger partial charge in [0, 0.05) is 18.8 Å². The fraction of sp³-hybridized carbons (Fsp3) is 0.286.